The number of rotatable bonds is 15. The van der Waals surface area contributed by atoms with Crippen LogP contribution in [0.5, 0.6) is 0 Å². The number of carbonyl (C=O) groups is 1. The molecular weight excluding hydrogens is 531 g/mol. The fourth-order valence-electron chi connectivity index (χ4n) is 4.54. The van der Waals surface area contributed by atoms with Crippen molar-refractivity contribution < 1.29 is 27.8 Å². The van der Waals surface area contributed by atoms with E-state index < -0.39 is 22.1 Å². The number of likely N-dealkylation sites (N-methyl/N-ethyl adjacent to an activating group) is 1. The summed E-state index contributed by atoms with van der Waals surface area (Å²) in [5.74, 6) is -1.08. The summed E-state index contributed by atoms with van der Waals surface area (Å²) in [7, 11) is -2.42. The number of nitrogens with zero attached hydrogens (tertiary/aromatic N) is 1. The lowest BCUT2D eigenvalue weighted by molar-refractivity contribution is -0.136. The molecule has 0 heterocycles. The van der Waals surface area contributed by atoms with Crippen molar-refractivity contribution in [3.63, 3.8) is 0 Å². The van der Waals surface area contributed by atoms with Crippen LogP contribution < -0.4 is 5.32 Å². The second-order valence-corrected chi connectivity index (χ2v) is 12.8. The van der Waals surface area contributed by atoms with Crippen LogP contribution in [0.1, 0.15) is 44.2 Å². The monoisotopic (exact) mass is 570 g/mol. The summed E-state index contributed by atoms with van der Waals surface area (Å²) in [6, 6.07) is 20.7. The van der Waals surface area contributed by atoms with Gasteiger partial charge in [-0.1, -0.05) is 54.6 Å². The molecule has 9 heteroatoms. The van der Waals surface area contributed by atoms with Crippen molar-refractivity contribution in [2.75, 3.05) is 20.1 Å². The molecule has 0 spiro atoms. The Bertz CT molecular complexity index is 1390. The Balaban J connectivity index is 1.57. The molecule has 1 unspecified atom stereocenters. The summed E-state index contributed by atoms with van der Waals surface area (Å²) >= 11 is 0. The van der Waals surface area contributed by atoms with E-state index in [1.165, 1.54) is 19.2 Å². The molecule has 7 nitrogen and oxygen atoms in total. The van der Waals surface area contributed by atoms with Gasteiger partial charge in [0.2, 0.25) is 10.0 Å². The second kappa shape index (κ2) is 14.0. The first-order valence-electron chi connectivity index (χ1n) is 13.4. The highest BCUT2D eigenvalue weighted by atomic mass is 32.2. The topological polar surface area (TPSA) is 107 Å². The molecule has 0 bridgehead atoms. The van der Waals surface area contributed by atoms with E-state index in [1.54, 1.807) is 24.3 Å². The van der Waals surface area contributed by atoms with Crippen LogP contribution in [0.3, 0.4) is 0 Å². The molecule has 0 fully saturated rings. The molecule has 0 amide bonds. The first-order valence-corrected chi connectivity index (χ1v) is 14.9. The standard InChI is InChI=1S/C31H39FN2O5S/c1-31(2,18-8-13-24-10-4-5-15-29(24)32)33-21-27(35)22-34(3)40(38,39)28-14-7-12-26(20-28)25-11-6-9-23(19-25)16-17-30(36)37/h4-7,9-12,14-15,19-20,27,33,35H,8,13,16-18,21-22H2,1-3H3,(H,36,37). The van der Waals surface area contributed by atoms with Crippen molar-refractivity contribution >= 4 is 16.0 Å². The Kier molecular flexibility index (Phi) is 11.0. The summed E-state index contributed by atoms with van der Waals surface area (Å²) in [5, 5.41) is 22.9. The van der Waals surface area contributed by atoms with Crippen LogP contribution in [0, 0.1) is 5.82 Å². The number of halogens is 1. The predicted octanol–water partition coefficient (Wildman–Crippen LogP) is 4.88. The van der Waals surface area contributed by atoms with Crippen molar-refractivity contribution in [3.05, 3.63) is 89.7 Å². The SMILES string of the molecule is CN(CC(O)CNC(C)(C)CCCc1ccccc1F)S(=O)(=O)c1cccc(-c2cccc(CCC(=O)O)c2)c1. The molecule has 0 aliphatic heterocycles. The highest BCUT2D eigenvalue weighted by Gasteiger charge is 2.25. The summed E-state index contributed by atoms with van der Waals surface area (Å²) in [6.45, 7) is 4.12. The third-order valence-corrected chi connectivity index (χ3v) is 8.74. The molecule has 3 aromatic carbocycles. The molecule has 0 aliphatic carbocycles. The van der Waals surface area contributed by atoms with Gasteiger partial charge in [-0.3, -0.25) is 4.79 Å². The Labute approximate surface area is 236 Å². The number of carboxylic acids is 1. The Morgan fingerprint density at radius 2 is 1.68 bits per heavy atom. The first-order chi connectivity index (χ1) is 18.9. The van der Waals surface area contributed by atoms with E-state index in [0.717, 1.165) is 28.3 Å². The maximum absolute atomic E-state index is 13.9. The number of carboxylic acid groups (broad SMARTS) is 1. The van der Waals surface area contributed by atoms with Crippen molar-refractivity contribution in [1.82, 2.24) is 9.62 Å². The first kappa shape index (κ1) is 31.4. The van der Waals surface area contributed by atoms with E-state index in [0.29, 0.717) is 24.0 Å². The van der Waals surface area contributed by atoms with Crippen LogP contribution in [0.25, 0.3) is 11.1 Å². The second-order valence-electron chi connectivity index (χ2n) is 10.8. The fraction of sp³-hybridized carbons (Fsp3) is 0.387. The largest absolute Gasteiger partial charge is 0.481 e. The third kappa shape index (κ3) is 9.23. The Morgan fingerprint density at radius 1 is 1.00 bits per heavy atom. The highest BCUT2D eigenvalue weighted by molar-refractivity contribution is 7.89. The molecular formula is C31H39FN2O5S. The average molecular weight is 571 g/mol. The van der Waals surface area contributed by atoms with E-state index in [2.05, 4.69) is 5.32 Å². The normalized spacial score (nSPS) is 12.9. The number of β-amino-alcohol motifs (C(OH)–C–C–N with tert-alkyl or cyclic N) is 1. The zero-order valence-electron chi connectivity index (χ0n) is 23.3. The van der Waals surface area contributed by atoms with Gasteiger partial charge in [0.1, 0.15) is 5.82 Å². The van der Waals surface area contributed by atoms with Crippen LogP contribution in [0.15, 0.2) is 77.7 Å². The number of hydrogen-bond donors (Lipinski definition) is 3. The van der Waals surface area contributed by atoms with E-state index in [-0.39, 0.29) is 35.8 Å². The highest BCUT2D eigenvalue weighted by Crippen LogP contribution is 2.25. The van der Waals surface area contributed by atoms with Gasteiger partial charge in [-0.15, -0.1) is 0 Å². The quantitative estimate of drug-likeness (QED) is 0.240. The smallest absolute Gasteiger partial charge is 0.303 e. The molecule has 0 saturated heterocycles. The van der Waals surface area contributed by atoms with Crippen LogP contribution in [-0.2, 0) is 27.7 Å². The van der Waals surface area contributed by atoms with E-state index >= 15 is 0 Å². The molecule has 216 valence electrons. The number of aryl methyl sites for hydroxylation is 2. The minimum absolute atomic E-state index is 0.0186. The molecule has 0 radical (unpaired) electrons. The molecule has 0 aliphatic rings. The van der Waals surface area contributed by atoms with Crippen LogP contribution in [0.4, 0.5) is 4.39 Å². The van der Waals surface area contributed by atoms with Gasteiger partial charge >= 0.3 is 5.97 Å². The van der Waals surface area contributed by atoms with E-state index in [1.807, 2.05) is 50.2 Å². The van der Waals surface area contributed by atoms with Gasteiger partial charge in [0.25, 0.3) is 0 Å². The average Bonchev–Trinajstić information content (AvgIpc) is 2.92. The van der Waals surface area contributed by atoms with Crippen molar-refractivity contribution in [2.24, 2.45) is 0 Å². The number of aliphatic hydroxyl groups is 1. The molecule has 40 heavy (non-hydrogen) atoms. The molecule has 0 saturated carbocycles. The van der Waals surface area contributed by atoms with Crippen molar-refractivity contribution in [1.29, 1.82) is 0 Å². The van der Waals surface area contributed by atoms with Crippen LogP contribution in [0.2, 0.25) is 0 Å². The molecule has 3 aromatic rings. The zero-order valence-corrected chi connectivity index (χ0v) is 24.1. The van der Waals surface area contributed by atoms with Crippen molar-refractivity contribution in [2.45, 2.75) is 62.5 Å². The van der Waals surface area contributed by atoms with Gasteiger partial charge in [-0.25, -0.2) is 12.8 Å². The van der Waals surface area contributed by atoms with Gasteiger partial charge in [-0.2, -0.15) is 4.31 Å². The maximum Gasteiger partial charge on any atom is 0.303 e. The van der Waals surface area contributed by atoms with Crippen LogP contribution in [-0.4, -0.2) is 60.7 Å². The number of nitrogens with one attached hydrogen (secondary N) is 1. The van der Waals surface area contributed by atoms with E-state index in [9.17, 15) is 22.7 Å². The minimum Gasteiger partial charge on any atom is -0.481 e. The van der Waals surface area contributed by atoms with Crippen molar-refractivity contribution in [3.8, 4) is 11.1 Å². The third-order valence-electron chi connectivity index (χ3n) is 6.92. The lowest BCUT2D eigenvalue weighted by Crippen LogP contribution is -2.46. The summed E-state index contributed by atoms with van der Waals surface area (Å²) in [5.41, 5.74) is 2.71. The summed E-state index contributed by atoms with van der Waals surface area (Å²) < 4.78 is 41.6. The van der Waals surface area contributed by atoms with Crippen LogP contribution >= 0.6 is 0 Å². The minimum atomic E-state index is -3.87. The summed E-state index contributed by atoms with van der Waals surface area (Å²) in [4.78, 5) is 11.0. The van der Waals surface area contributed by atoms with Gasteiger partial charge in [0.15, 0.2) is 0 Å². The van der Waals surface area contributed by atoms with Gasteiger partial charge in [0, 0.05) is 32.1 Å². The van der Waals surface area contributed by atoms with Gasteiger partial charge in [-0.05, 0) is 80.0 Å². The molecule has 1 atom stereocenters. The number of aliphatic hydroxyl groups excluding tert-OH is 1. The summed E-state index contributed by atoms with van der Waals surface area (Å²) in [6.07, 6.45) is 1.62. The van der Waals surface area contributed by atoms with E-state index in [4.69, 9.17) is 5.11 Å². The lowest BCUT2D eigenvalue weighted by Gasteiger charge is -2.29. The Morgan fingerprint density at radius 3 is 2.38 bits per heavy atom. The number of hydrogen-bond acceptors (Lipinski definition) is 5. The van der Waals surface area contributed by atoms with Gasteiger partial charge in [0.05, 0.1) is 11.0 Å². The molecule has 3 N–H and O–H groups in total. The predicted molar refractivity (Wildman–Crippen MR) is 155 cm³/mol. The zero-order chi connectivity index (χ0) is 29.3. The Hall–Kier alpha value is -3.11. The fourth-order valence-corrected chi connectivity index (χ4v) is 5.79. The number of benzene rings is 3. The number of aliphatic carboxylic acids is 1. The lowest BCUT2D eigenvalue weighted by atomic mass is 9.95. The van der Waals surface area contributed by atoms with Gasteiger partial charge < -0.3 is 15.5 Å². The molecule has 3 rings (SSSR count). The number of sulfonamides is 1. The molecule has 0 aromatic heterocycles. The maximum atomic E-state index is 13.9.